The summed E-state index contributed by atoms with van der Waals surface area (Å²) in [5.74, 6) is 0.976. The molecule has 0 saturated carbocycles. The van der Waals surface area contributed by atoms with Crippen LogP contribution >= 0.6 is 0 Å². The smallest absolute Gasteiger partial charge is 0.280 e. The van der Waals surface area contributed by atoms with Crippen molar-refractivity contribution in [1.82, 2.24) is 4.68 Å². The number of nitrogens with zero attached hydrogens (tertiary/aromatic N) is 2. The molecule has 1 heterocycles. The maximum atomic E-state index is 9.22. The Kier molecular flexibility index (Phi) is 9.90. The molecule has 174 valence electrons. The molecule has 0 saturated heterocycles. The molecule has 0 N–H and O–H groups in total. The molecule has 0 aliphatic rings. The van der Waals surface area contributed by atoms with Crippen molar-refractivity contribution in [3.05, 3.63) is 60.7 Å². The van der Waals surface area contributed by atoms with Gasteiger partial charge in [-0.05, 0) is 18.6 Å². The second kappa shape index (κ2) is 12.4. The monoisotopic (exact) mass is 460 g/mol. The first-order valence-electron chi connectivity index (χ1n) is 10.6. The molecule has 8 heteroatoms. The molecule has 32 heavy (non-hydrogen) atoms. The lowest BCUT2D eigenvalue weighted by molar-refractivity contribution is -0.740. The van der Waals surface area contributed by atoms with Crippen LogP contribution in [-0.2, 0) is 28.7 Å². The summed E-state index contributed by atoms with van der Waals surface area (Å²) >= 11 is 0. The molecule has 0 aliphatic heterocycles. The Morgan fingerprint density at radius 1 is 0.938 bits per heavy atom. The average molecular weight is 461 g/mol. The number of hydrogen-bond acceptors (Lipinski definition) is 5. The van der Waals surface area contributed by atoms with Crippen LogP contribution in [0.3, 0.4) is 0 Å². The normalized spacial score (nSPS) is 11.0. The highest BCUT2D eigenvalue weighted by atomic mass is 32.3. The first-order valence-corrected chi connectivity index (χ1v) is 12.0. The Bertz CT molecular complexity index is 1000. The number of aromatic nitrogens is 2. The molecular formula is C24H32N2O5S. The van der Waals surface area contributed by atoms with Crippen molar-refractivity contribution in [2.75, 3.05) is 13.7 Å². The summed E-state index contributed by atoms with van der Waals surface area (Å²) in [5.41, 5.74) is 4.61. The molecule has 0 aliphatic carbocycles. The first kappa shape index (κ1) is 25.6. The minimum Gasteiger partial charge on any atom is -0.726 e. The van der Waals surface area contributed by atoms with Crippen LogP contribution < -0.4 is 9.42 Å². The van der Waals surface area contributed by atoms with E-state index in [-0.39, 0.29) is 0 Å². The van der Waals surface area contributed by atoms with Gasteiger partial charge in [0, 0.05) is 5.56 Å². The average Bonchev–Trinajstić information content (AvgIpc) is 3.04. The van der Waals surface area contributed by atoms with Crippen molar-refractivity contribution < 1.29 is 26.6 Å². The van der Waals surface area contributed by atoms with Crippen LogP contribution in [0.25, 0.3) is 22.5 Å². The summed E-state index contributed by atoms with van der Waals surface area (Å²) in [6, 6.07) is 21.0. The van der Waals surface area contributed by atoms with Crippen LogP contribution in [0.5, 0.6) is 5.75 Å². The van der Waals surface area contributed by atoms with Gasteiger partial charge in [0.2, 0.25) is 16.1 Å². The molecule has 0 spiro atoms. The Morgan fingerprint density at radius 2 is 1.47 bits per heavy atom. The van der Waals surface area contributed by atoms with E-state index in [1.54, 1.807) is 0 Å². The molecule has 1 aromatic heterocycles. The molecule has 0 atom stereocenters. The van der Waals surface area contributed by atoms with E-state index in [4.69, 9.17) is 4.74 Å². The van der Waals surface area contributed by atoms with Gasteiger partial charge < -0.3 is 9.29 Å². The van der Waals surface area contributed by atoms with Crippen molar-refractivity contribution in [2.45, 2.75) is 32.6 Å². The number of benzene rings is 2. The third kappa shape index (κ3) is 7.19. The molecule has 0 radical (unpaired) electrons. The minimum absolute atomic E-state index is 0.754. The topological polar surface area (TPSA) is 84.5 Å². The molecule has 3 rings (SSSR count). The molecule has 0 unspecified atom stereocenters. The second-order valence-corrected chi connectivity index (χ2v) is 8.44. The number of hydrogen-bond donors (Lipinski definition) is 0. The summed E-state index contributed by atoms with van der Waals surface area (Å²) in [6.07, 6.45) is 4.82. The quantitative estimate of drug-likeness (QED) is 0.206. The highest BCUT2D eigenvalue weighted by Gasteiger charge is 2.29. The molecule has 0 bridgehead atoms. The van der Waals surface area contributed by atoms with Gasteiger partial charge in [-0.3, -0.25) is 4.18 Å². The Hall–Kier alpha value is -2.68. The summed E-state index contributed by atoms with van der Waals surface area (Å²) in [7, 11) is 0.588. The number of rotatable bonds is 9. The van der Waals surface area contributed by atoms with Crippen LogP contribution in [-0.4, -0.2) is 31.4 Å². The van der Waals surface area contributed by atoms with Gasteiger partial charge in [-0.15, -0.1) is 4.68 Å². The van der Waals surface area contributed by atoms with Gasteiger partial charge in [0.15, 0.2) is 12.7 Å². The van der Waals surface area contributed by atoms with Crippen molar-refractivity contribution in [3.8, 4) is 28.3 Å². The SMILES string of the molecule is CCCCCCOc1c(-c2ccccc2)n(C)[n+](C)c1-c1ccccc1.COS(=O)(=O)[O-]. The van der Waals surface area contributed by atoms with Crippen LogP contribution in [0.1, 0.15) is 32.6 Å². The van der Waals surface area contributed by atoms with Crippen LogP contribution in [0.4, 0.5) is 0 Å². The fraction of sp³-hybridized carbons (Fsp3) is 0.375. The van der Waals surface area contributed by atoms with Crippen LogP contribution in [0.15, 0.2) is 60.7 Å². The van der Waals surface area contributed by atoms with Crippen LogP contribution in [0.2, 0.25) is 0 Å². The standard InChI is InChI=1S/C23H29N2O.CH4O4S/c1-4-5-6-13-18-26-23-21(19-14-9-7-10-15-19)24(2)25(3)22(23)20-16-11-8-12-17-20;1-5-6(2,3)4/h7-12,14-17H,4-6,13,18H2,1-3H3;1H3,(H,2,3,4)/q+1;/p-1. The zero-order chi connectivity index (χ0) is 23.6. The summed E-state index contributed by atoms with van der Waals surface area (Å²) in [4.78, 5) is 0. The van der Waals surface area contributed by atoms with Gasteiger partial charge >= 0.3 is 0 Å². The zero-order valence-corrected chi connectivity index (χ0v) is 20.0. The molecule has 0 fully saturated rings. The predicted molar refractivity (Wildman–Crippen MR) is 124 cm³/mol. The fourth-order valence-electron chi connectivity index (χ4n) is 3.37. The third-order valence-electron chi connectivity index (χ3n) is 5.07. The first-order chi connectivity index (χ1) is 15.3. The van der Waals surface area contributed by atoms with Crippen LogP contribution in [0, 0.1) is 0 Å². The molecule has 2 aromatic carbocycles. The summed E-state index contributed by atoms with van der Waals surface area (Å²) in [6.45, 7) is 2.99. The molecule has 7 nitrogen and oxygen atoms in total. The van der Waals surface area contributed by atoms with E-state index in [9.17, 15) is 13.0 Å². The number of unbranched alkanes of at least 4 members (excludes halogenated alkanes) is 3. The van der Waals surface area contributed by atoms with E-state index in [0.717, 1.165) is 37.3 Å². The fourth-order valence-corrected chi connectivity index (χ4v) is 3.37. The predicted octanol–water partition coefficient (Wildman–Crippen LogP) is 4.24. The maximum Gasteiger partial charge on any atom is 0.280 e. The Balaban J connectivity index is 0.000000534. The largest absolute Gasteiger partial charge is 0.726 e. The van der Waals surface area contributed by atoms with E-state index >= 15 is 0 Å². The van der Waals surface area contributed by atoms with E-state index in [0.29, 0.717) is 0 Å². The van der Waals surface area contributed by atoms with Crippen molar-refractivity contribution in [2.24, 2.45) is 14.1 Å². The lowest BCUT2D eigenvalue weighted by Gasteiger charge is -2.07. The molecular weight excluding hydrogens is 428 g/mol. The zero-order valence-electron chi connectivity index (χ0n) is 19.2. The van der Waals surface area contributed by atoms with Gasteiger partial charge in [-0.1, -0.05) is 74.7 Å². The highest BCUT2D eigenvalue weighted by molar-refractivity contribution is 7.80. The van der Waals surface area contributed by atoms with Crippen molar-refractivity contribution in [3.63, 3.8) is 0 Å². The van der Waals surface area contributed by atoms with Crippen molar-refractivity contribution >= 4 is 10.4 Å². The third-order valence-corrected chi connectivity index (χ3v) is 5.48. The summed E-state index contributed by atoms with van der Waals surface area (Å²) < 4.78 is 41.8. The van der Waals surface area contributed by atoms with E-state index in [2.05, 4.69) is 95.2 Å². The van der Waals surface area contributed by atoms with Gasteiger partial charge in [0.25, 0.3) is 5.69 Å². The molecule has 3 aromatic rings. The summed E-state index contributed by atoms with van der Waals surface area (Å²) in [5, 5.41) is 0. The Morgan fingerprint density at radius 3 is 1.97 bits per heavy atom. The van der Waals surface area contributed by atoms with E-state index in [1.807, 2.05) is 0 Å². The lowest BCUT2D eigenvalue weighted by atomic mass is 10.1. The van der Waals surface area contributed by atoms with Gasteiger partial charge in [-0.25, -0.2) is 8.42 Å². The second-order valence-electron chi connectivity index (χ2n) is 7.29. The van der Waals surface area contributed by atoms with E-state index in [1.165, 1.54) is 30.4 Å². The lowest BCUT2D eigenvalue weighted by Crippen LogP contribution is -2.39. The van der Waals surface area contributed by atoms with Gasteiger partial charge in [0.1, 0.15) is 0 Å². The molecule has 0 amide bonds. The maximum absolute atomic E-state index is 9.22. The van der Waals surface area contributed by atoms with Gasteiger partial charge in [0.05, 0.1) is 26.3 Å². The highest BCUT2D eigenvalue weighted by Crippen LogP contribution is 2.37. The minimum atomic E-state index is -4.41. The van der Waals surface area contributed by atoms with Gasteiger partial charge in [-0.2, -0.15) is 4.68 Å². The number of ether oxygens (including phenoxy) is 1. The van der Waals surface area contributed by atoms with Crippen molar-refractivity contribution in [1.29, 1.82) is 0 Å². The van der Waals surface area contributed by atoms with E-state index < -0.39 is 10.4 Å². The Labute approximate surface area is 191 Å².